The van der Waals surface area contributed by atoms with Crippen molar-refractivity contribution in [2.45, 2.75) is 39.5 Å². The largest absolute Gasteiger partial charge is 0.481 e. The fraction of sp³-hybridized carbons (Fsp3) is 0.529. The van der Waals surface area contributed by atoms with Gasteiger partial charge in [0.2, 0.25) is 5.91 Å². The Morgan fingerprint density at radius 3 is 2.29 bits per heavy atom. The molecule has 4 nitrogen and oxygen atoms in total. The Labute approximate surface area is 125 Å². The fourth-order valence-corrected chi connectivity index (χ4v) is 3.10. The van der Waals surface area contributed by atoms with Crippen LogP contribution >= 0.6 is 0 Å². The lowest BCUT2D eigenvalue weighted by molar-refractivity contribution is -0.145. The normalized spacial score (nSPS) is 24.8. The number of benzene rings is 1. The number of anilines is 1. The van der Waals surface area contributed by atoms with E-state index in [1.807, 2.05) is 31.2 Å². The van der Waals surface area contributed by atoms with Crippen molar-refractivity contribution in [3.05, 3.63) is 29.8 Å². The molecule has 3 unspecified atom stereocenters. The van der Waals surface area contributed by atoms with E-state index in [1.54, 1.807) is 0 Å². The van der Waals surface area contributed by atoms with Crippen LogP contribution in [0, 0.1) is 17.8 Å². The van der Waals surface area contributed by atoms with E-state index in [4.69, 9.17) is 0 Å². The molecule has 2 N–H and O–H groups in total. The maximum absolute atomic E-state index is 12.4. The number of aryl methyl sites for hydroxylation is 1. The first kappa shape index (κ1) is 15.5. The first-order chi connectivity index (χ1) is 10.0. The van der Waals surface area contributed by atoms with Gasteiger partial charge in [0.05, 0.1) is 11.8 Å². The fourth-order valence-electron chi connectivity index (χ4n) is 3.10. The number of carboxylic acids is 1. The molecule has 0 heterocycles. The third-order valence-corrected chi connectivity index (χ3v) is 4.52. The van der Waals surface area contributed by atoms with Gasteiger partial charge in [0, 0.05) is 5.69 Å². The van der Waals surface area contributed by atoms with Crippen molar-refractivity contribution in [2.24, 2.45) is 17.8 Å². The molecular weight excluding hydrogens is 266 g/mol. The molecule has 0 radical (unpaired) electrons. The van der Waals surface area contributed by atoms with Gasteiger partial charge in [-0.05, 0) is 42.9 Å². The van der Waals surface area contributed by atoms with Crippen LogP contribution in [0.15, 0.2) is 24.3 Å². The molecule has 0 aliphatic heterocycles. The molecule has 0 spiro atoms. The van der Waals surface area contributed by atoms with Crippen molar-refractivity contribution in [2.75, 3.05) is 5.32 Å². The maximum Gasteiger partial charge on any atom is 0.307 e. The number of rotatable bonds is 5. The molecule has 114 valence electrons. The first-order valence-corrected chi connectivity index (χ1v) is 7.67. The predicted octanol–water partition coefficient (Wildman–Crippen LogP) is 3.32. The Bertz CT molecular complexity index is 509. The summed E-state index contributed by atoms with van der Waals surface area (Å²) in [6.07, 6.45) is 3.17. The lowest BCUT2D eigenvalue weighted by Gasteiger charge is -2.15. The van der Waals surface area contributed by atoms with Crippen LogP contribution in [-0.2, 0) is 16.0 Å². The van der Waals surface area contributed by atoms with Gasteiger partial charge in [-0.25, -0.2) is 0 Å². The molecule has 1 aliphatic carbocycles. The Balaban J connectivity index is 2.05. The second-order valence-electron chi connectivity index (χ2n) is 5.84. The van der Waals surface area contributed by atoms with Crippen molar-refractivity contribution in [3.63, 3.8) is 0 Å². The van der Waals surface area contributed by atoms with Crippen LogP contribution in [0.5, 0.6) is 0 Å². The van der Waals surface area contributed by atoms with Crippen LogP contribution in [0.4, 0.5) is 5.69 Å². The van der Waals surface area contributed by atoms with Gasteiger partial charge in [0.25, 0.3) is 0 Å². The molecule has 2 rings (SSSR count). The van der Waals surface area contributed by atoms with Crippen molar-refractivity contribution in [3.8, 4) is 0 Å². The molecule has 1 aliphatic rings. The number of carbonyl (C=O) groups excluding carboxylic acids is 1. The number of amides is 1. The summed E-state index contributed by atoms with van der Waals surface area (Å²) < 4.78 is 0. The first-order valence-electron chi connectivity index (χ1n) is 7.67. The van der Waals surface area contributed by atoms with Crippen molar-refractivity contribution in [1.82, 2.24) is 0 Å². The second-order valence-corrected chi connectivity index (χ2v) is 5.84. The molecule has 1 fully saturated rings. The van der Waals surface area contributed by atoms with E-state index in [1.165, 1.54) is 5.56 Å². The summed E-state index contributed by atoms with van der Waals surface area (Å²) in [4.78, 5) is 23.7. The molecule has 1 amide bonds. The van der Waals surface area contributed by atoms with Crippen LogP contribution < -0.4 is 5.32 Å². The van der Waals surface area contributed by atoms with Crippen LogP contribution in [0.1, 0.15) is 38.7 Å². The summed E-state index contributed by atoms with van der Waals surface area (Å²) in [7, 11) is 0. The highest BCUT2D eigenvalue weighted by Crippen LogP contribution is 2.39. The Kier molecular flexibility index (Phi) is 4.99. The Morgan fingerprint density at radius 2 is 1.76 bits per heavy atom. The smallest absolute Gasteiger partial charge is 0.307 e. The Morgan fingerprint density at radius 1 is 1.14 bits per heavy atom. The summed E-state index contributed by atoms with van der Waals surface area (Å²) in [5, 5.41) is 12.2. The minimum atomic E-state index is -0.854. The van der Waals surface area contributed by atoms with Gasteiger partial charge in [-0.1, -0.05) is 32.4 Å². The molecule has 0 saturated heterocycles. The van der Waals surface area contributed by atoms with Gasteiger partial charge >= 0.3 is 5.97 Å². The average molecular weight is 289 g/mol. The number of aliphatic carboxylic acids is 1. The van der Waals surface area contributed by atoms with Gasteiger partial charge in [-0.2, -0.15) is 0 Å². The molecule has 1 aromatic rings. The summed E-state index contributed by atoms with van der Waals surface area (Å²) in [6, 6.07) is 7.71. The monoisotopic (exact) mass is 289 g/mol. The van der Waals surface area contributed by atoms with Crippen LogP contribution in [0.2, 0.25) is 0 Å². The highest BCUT2D eigenvalue weighted by atomic mass is 16.4. The van der Waals surface area contributed by atoms with E-state index in [2.05, 4.69) is 12.2 Å². The van der Waals surface area contributed by atoms with Gasteiger partial charge in [0.15, 0.2) is 0 Å². The van der Waals surface area contributed by atoms with Crippen molar-refractivity contribution in [1.29, 1.82) is 0 Å². The molecule has 4 heteroatoms. The zero-order valence-electron chi connectivity index (χ0n) is 12.6. The van der Waals surface area contributed by atoms with Crippen LogP contribution in [0.25, 0.3) is 0 Å². The maximum atomic E-state index is 12.4. The Hall–Kier alpha value is -1.84. The second kappa shape index (κ2) is 6.74. The third-order valence-electron chi connectivity index (χ3n) is 4.52. The summed E-state index contributed by atoms with van der Waals surface area (Å²) in [6.45, 7) is 4.13. The molecule has 3 atom stereocenters. The molecule has 1 aromatic carbocycles. The summed E-state index contributed by atoms with van der Waals surface area (Å²) >= 11 is 0. The third kappa shape index (κ3) is 3.63. The quantitative estimate of drug-likeness (QED) is 0.873. The summed E-state index contributed by atoms with van der Waals surface area (Å²) in [5.41, 5.74) is 1.95. The number of hydrogen-bond donors (Lipinski definition) is 2. The molecular formula is C17H23NO3. The molecule has 21 heavy (non-hydrogen) atoms. The molecule has 0 bridgehead atoms. The topological polar surface area (TPSA) is 66.4 Å². The predicted molar refractivity (Wildman–Crippen MR) is 82.1 cm³/mol. The molecule has 1 saturated carbocycles. The van der Waals surface area contributed by atoms with E-state index < -0.39 is 17.8 Å². The van der Waals surface area contributed by atoms with Crippen LogP contribution in [0.3, 0.4) is 0 Å². The number of nitrogens with one attached hydrogen (secondary N) is 1. The number of carboxylic acid groups (broad SMARTS) is 1. The van der Waals surface area contributed by atoms with E-state index >= 15 is 0 Å². The van der Waals surface area contributed by atoms with Crippen molar-refractivity contribution < 1.29 is 14.7 Å². The zero-order chi connectivity index (χ0) is 15.4. The standard InChI is InChI=1S/C17H23NO3/c1-3-11-5-7-13(8-6-11)18-16(19)14-9-12(4-2)10-15(14)17(20)21/h5-8,12,14-15H,3-4,9-10H2,1-2H3,(H,18,19)(H,20,21). The lowest BCUT2D eigenvalue weighted by atomic mass is 9.95. The summed E-state index contributed by atoms with van der Waals surface area (Å²) in [5.74, 6) is -1.65. The van der Waals surface area contributed by atoms with E-state index in [0.29, 0.717) is 18.8 Å². The SMILES string of the molecule is CCc1ccc(NC(=O)C2CC(CC)CC2C(=O)O)cc1. The van der Waals surface area contributed by atoms with Gasteiger partial charge in [-0.3, -0.25) is 9.59 Å². The minimum Gasteiger partial charge on any atom is -0.481 e. The average Bonchev–Trinajstić information content (AvgIpc) is 2.92. The van der Waals surface area contributed by atoms with E-state index in [0.717, 1.165) is 18.5 Å². The highest BCUT2D eigenvalue weighted by Gasteiger charge is 2.42. The van der Waals surface area contributed by atoms with Gasteiger partial charge in [0.1, 0.15) is 0 Å². The number of carbonyl (C=O) groups is 2. The van der Waals surface area contributed by atoms with Crippen molar-refractivity contribution >= 4 is 17.6 Å². The zero-order valence-corrected chi connectivity index (χ0v) is 12.6. The van der Waals surface area contributed by atoms with E-state index in [9.17, 15) is 14.7 Å². The van der Waals surface area contributed by atoms with E-state index in [-0.39, 0.29) is 5.91 Å². The van der Waals surface area contributed by atoms with Gasteiger partial charge in [-0.15, -0.1) is 0 Å². The van der Waals surface area contributed by atoms with Gasteiger partial charge < -0.3 is 10.4 Å². The highest BCUT2D eigenvalue weighted by molar-refractivity contribution is 5.95. The minimum absolute atomic E-state index is 0.164. The van der Waals surface area contributed by atoms with Crippen LogP contribution in [-0.4, -0.2) is 17.0 Å². The lowest BCUT2D eigenvalue weighted by Crippen LogP contribution is -2.29. The number of hydrogen-bond acceptors (Lipinski definition) is 2. The molecule has 0 aromatic heterocycles.